The van der Waals surface area contributed by atoms with Crippen molar-refractivity contribution in [2.75, 3.05) is 99.9 Å². The zero-order valence-electron chi connectivity index (χ0n) is 69.4. The molecule has 608 valence electrons. The molecule has 5 aromatic carbocycles. The molecule has 3 N–H and O–H groups in total. The van der Waals surface area contributed by atoms with Crippen molar-refractivity contribution in [2.45, 2.75) is 243 Å². The highest BCUT2D eigenvalue weighted by Crippen LogP contribution is 2.25. The number of carbonyl (C=O) groups is 2. The van der Waals surface area contributed by atoms with Crippen LogP contribution >= 0.6 is 0 Å². The van der Waals surface area contributed by atoms with Crippen LogP contribution in [0.3, 0.4) is 0 Å². The number of ketones is 1. The van der Waals surface area contributed by atoms with Crippen molar-refractivity contribution in [3.05, 3.63) is 133 Å². The van der Waals surface area contributed by atoms with E-state index in [-0.39, 0.29) is 17.6 Å². The van der Waals surface area contributed by atoms with Crippen molar-refractivity contribution in [3.8, 4) is 23.0 Å². The highest BCUT2D eigenvalue weighted by Gasteiger charge is 2.29. The summed E-state index contributed by atoms with van der Waals surface area (Å²) in [6.07, 6.45) is 11.9. The van der Waals surface area contributed by atoms with Crippen molar-refractivity contribution < 1.29 is 62.2 Å². The SMILES string of the molecule is CC(C)C(=O)C(=O)N1CCC(Cc2ccccc2)CC1.CC(C)S(=O)(=O)c1ccc(OCCN(C)C)cc1.CC(C)S(=O)(=O)c1ccc(OCCN)cc1.CC(C)S(=O)(=O)c1ccc(OCCN2CCCC2)cc1.CCC.CCC.CCC.CCC.CCC.CNCCOc1ccc(S(=O)(=O)C(C)C)cc1. The van der Waals surface area contributed by atoms with Gasteiger partial charge in [0.2, 0.25) is 5.78 Å². The normalized spacial score (nSPS) is 12.8. The van der Waals surface area contributed by atoms with E-state index in [0.717, 1.165) is 70.8 Å². The molecule has 5 aromatic rings. The first-order valence-electron chi connectivity index (χ1n) is 38.4. The van der Waals surface area contributed by atoms with Gasteiger partial charge in [-0.3, -0.25) is 14.5 Å². The second-order valence-corrected chi connectivity index (χ2v) is 37.4. The van der Waals surface area contributed by atoms with E-state index in [0.29, 0.717) is 75.7 Å². The molecular formula is C83H143N5O14S4. The fourth-order valence-electron chi connectivity index (χ4n) is 8.77. The number of ether oxygens (including phenoxy) is 4. The van der Waals surface area contributed by atoms with Crippen LogP contribution in [0.2, 0.25) is 0 Å². The first-order chi connectivity index (χ1) is 49.9. The number of carbonyl (C=O) groups excluding carboxylic acids is 2. The van der Waals surface area contributed by atoms with Crippen molar-refractivity contribution in [1.82, 2.24) is 20.0 Å². The third kappa shape index (κ3) is 44.5. The van der Waals surface area contributed by atoms with E-state index >= 15 is 0 Å². The van der Waals surface area contributed by atoms with Gasteiger partial charge in [-0.05, 0) is 230 Å². The number of benzene rings is 5. The summed E-state index contributed by atoms with van der Waals surface area (Å²) in [6.45, 7) is 47.2. The average molecular weight is 1560 g/mol. The number of sulfone groups is 4. The molecule has 2 heterocycles. The van der Waals surface area contributed by atoms with Gasteiger partial charge in [0, 0.05) is 45.2 Å². The summed E-state index contributed by atoms with van der Waals surface area (Å²) in [7, 11) is -6.97. The van der Waals surface area contributed by atoms with E-state index < -0.39 is 60.3 Å². The lowest BCUT2D eigenvalue weighted by molar-refractivity contribution is -0.147. The summed E-state index contributed by atoms with van der Waals surface area (Å²) in [4.78, 5) is 31.2. The largest absolute Gasteiger partial charge is 0.492 e. The molecule has 0 unspecified atom stereocenters. The Morgan fingerprint density at radius 1 is 0.453 bits per heavy atom. The number of likely N-dealkylation sites (tertiary alicyclic amines) is 2. The number of likely N-dealkylation sites (N-methyl/N-ethyl adjacent to an activating group) is 2. The highest BCUT2D eigenvalue weighted by atomic mass is 32.2. The lowest BCUT2D eigenvalue weighted by Gasteiger charge is -2.32. The van der Waals surface area contributed by atoms with Crippen LogP contribution in [-0.4, -0.2) is 181 Å². The number of Topliss-reactive ketones (excluding diaryl/α,β-unsaturated/α-hetero) is 1. The van der Waals surface area contributed by atoms with Gasteiger partial charge in [-0.25, -0.2) is 33.7 Å². The number of hydrogen-bond acceptors (Lipinski definition) is 18. The number of rotatable bonds is 27. The van der Waals surface area contributed by atoms with E-state index in [1.165, 1.54) is 50.5 Å². The Bertz CT molecular complexity index is 3440. The molecule has 2 saturated heterocycles. The molecule has 0 aliphatic carbocycles. The maximum atomic E-state index is 12.0. The molecule has 2 aliphatic heterocycles. The summed E-state index contributed by atoms with van der Waals surface area (Å²) >= 11 is 0. The summed E-state index contributed by atoms with van der Waals surface area (Å²) < 4.78 is 117. The molecule has 0 atom stereocenters. The number of nitrogens with one attached hydrogen (secondary N) is 1. The predicted octanol–water partition coefficient (Wildman–Crippen LogP) is 16.6. The standard InChI is InChI=1S/C17H23NO2.C15H23NO3S.C13H21NO3S.C12H19NO3S.C11H17NO3S.5C3H8/c1-13(2)16(19)17(20)18-10-8-15(9-11-18)12-14-6-4-3-5-7-14;1-13(2)20(17,18)15-7-5-14(6-8-15)19-12-11-16-9-3-4-10-16;1-11(2)18(15,16)13-7-5-12(6-8-13)17-10-9-14(3)4;1-10(2)17(14,15)12-6-4-11(5-7-12)16-9-8-13-3;1-9(2)16(13,14)11-5-3-10(4-6-11)15-8-7-12;5*1-3-2/h3-7,13,15H,8-12H2,1-2H3;5-8,13H,3-4,9-12H2,1-2H3;5-8,11H,9-10H2,1-4H3;4-7,10,13H,8-9H2,1-3H3;3-6,9H,7-8,12H2,1-2H3;5*3H2,1-2H3. The Morgan fingerprint density at radius 2 is 0.755 bits per heavy atom. The molecule has 106 heavy (non-hydrogen) atoms. The fraction of sp³-hybridized carbons (Fsp3) is 0.614. The summed E-state index contributed by atoms with van der Waals surface area (Å²) in [5.41, 5.74) is 6.65. The Kier molecular flexibility index (Phi) is 59.0. The molecule has 0 saturated carbocycles. The van der Waals surface area contributed by atoms with Crippen LogP contribution in [0.4, 0.5) is 0 Å². The van der Waals surface area contributed by atoms with Crippen molar-refractivity contribution >= 4 is 51.0 Å². The third-order valence-corrected chi connectivity index (χ3v) is 23.5. The highest BCUT2D eigenvalue weighted by molar-refractivity contribution is 7.92. The van der Waals surface area contributed by atoms with Crippen LogP contribution in [0.15, 0.2) is 147 Å². The maximum absolute atomic E-state index is 12.0. The molecule has 1 amide bonds. The molecule has 2 aliphatic rings. The zero-order valence-corrected chi connectivity index (χ0v) is 72.7. The smallest absolute Gasteiger partial charge is 0.290 e. The minimum atomic E-state index is -3.19. The fourth-order valence-corrected chi connectivity index (χ4v) is 13.0. The van der Waals surface area contributed by atoms with Gasteiger partial charge in [-0.2, -0.15) is 0 Å². The average Bonchev–Trinajstić information content (AvgIpc) is 0.998. The third-order valence-electron chi connectivity index (χ3n) is 14.8. The number of piperidine rings is 1. The van der Waals surface area contributed by atoms with Crippen LogP contribution in [0.1, 0.15) is 202 Å². The Morgan fingerprint density at radius 3 is 1.04 bits per heavy atom. The Hall–Kier alpha value is -5.92. The van der Waals surface area contributed by atoms with Crippen LogP contribution in [0.25, 0.3) is 0 Å². The summed E-state index contributed by atoms with van der Waals surface area (Å²) in [6, 6.07) is 36.7. The van der Waals surface area contributed by atoms with Crippen LogP contribution < -0.4 is 30.0 Å². The van der Waals surface area contributed by atoms with Gasteiger partial charge in [0.15, 0.2) is 39.3 Å². The van der Waals surface area contributed by atoms with E-state index in [2.05, 4.69) is 104 Å². The monoisotopic (exact) mass is 1560 g/mol. The second kappa shape index (κ2) is 60.0. The quantitative estimate of drug-likeness (QED) is 0.0366. The number of hydrogen-bond donors (Lipinski definition) is 2. The Balaban J connectivity index is -0.00000119. The van der Waals surface area contributed by atoms with E-state index in [1.807, 2.05) is 32.1 Å². The number of nitrogens with zero attached hydrogens (tertiary/aromatic N) is 3. The van der Waals surface area contributed by atoms with Gasteiger partial charge in [0.25, 0.3) is 5.91 Å². The van der Waals surface area contributed by atoms with Gasteiger partial charge in [-0.1, -0.05) is 146 Å². The first-order valence-corrected chi connectivity index (χ1v) is 44.6. The summed E-state index contributed by atoms with van der Waals surface area (Å²) in [5, 5.41) is 1.35. The molecular weight excluding hydrogens is 1420 g/mol. The molecule has 0 spiro atoms. The zero-order chi connectivity index (χ0) is 81.5. The van der Waals surface area contributed by atoms with E-state index in [9.17, 15) is 43.3 Å². The molecule has 19 nitrogen and oxygen atoms in total. The second-order valence-electron chi connectivity index (χ2n) is 27.4. The molecule has 7 rings (SSSR count). The van der Waals surface area contributed by atoms with Crippen LogP contribution in [0, 0.1) is 11.8 Å². The molecule has 0 aromatic heterocycles. The predicted molar refractivity (Wildman–Crippen MR) is 443 cm³/mol. The first kappa shape index (κ1) is 104. The van der Waals surface area contributed by atoms with Gasteiger partial charge in [0.1, 0.15) is 49.4 Å². The van der Waals surface area contributed by atoms with Crippen molar-refractivity contribution in [1.29, 1.82) is 0 Å². The number of nitrogens with two attached hydrogens (primary N) is 1. The van der Waals surface area contributed by atoms with Crippen molar-refractivity contribution in [3.63, 3.8) is 0 Å². The topological polar surface area (TPSA) is 255 Å². The summed E-state index contributed by atoms with van der Waals surface area (Å²) in [5.74, 6) is 2.60. The Labute approximate surface area is 645 Å². The molecule has 2 fully saturated rings. The molecule has 0 bridgehead atoms. The minimum absolute atomic E-state index is 0.204. The van der Waals surface area contributed by atoms with E-state index in [4.69, 9.17) is 24.7 Å². The molecule has 0 radical (unpaired) electrons. The maximum Gasteiger partial charge on any atom is 0.290 e. The van der Waals surface area contributed by atoms with Crippen LogP contribution in [0.5, 0.6) is 23.0 Å². The van der Waals surface area contributed by atoms with Gasteiger partial charge in [-0.15, -0.1) is 0 Å². The van der Waals surface area contributed by atoms with Gasteiger partial charge >= 0.3 is 0 Å². The molecule has 23 heteroatoms. The van der Waals surface area contributed by atoms with Gasteiger partial charge in [0.05, 0.1) is 40.6 Å². The van der Waals surface area contributed by atoms with E-state index in [1.54, 1.807) is 171 Å². The lowest BCUT2D eigenvalue weighted by atomic mass is 9.90. The van der Waals surface area contributed by atoms with Crippen LogP contribution in [-0.2, 0) is 55.4 Å². The van der Waals surface area contributed by atoms with Crippen molar-refractivity contribution in [2.24, 2.45) is 17.6 Å². The lowest BCUT2D eigenvalue weighted by Crippen LogP contribution is -2.43. The van der Waals surface area contributed by atoms with Gasteiger partial charge < -0.3 is 39.8 Å². The minimum Gasteiger partial charge on any atom is -0.492 e. The number of amides is 1.